The van der Waals surface area contributed by atoms with Gasteiger partial charge in [-0.1, -0.05) is 72.4 Å². The lowest BCUT2D eigenvalue weighted by atomic mass is 9.82. The average Bonchev–Trinajstić information content (AvgIpc) is 2.99. The Kier molecular flexibility index (Phi) is 11.5. The van der Waals surface area contributed by atoms with Gasteiger partial charge in [0.25, 0.3) is 0 Å². The molecule has 200 valence electrons. The second kappa shape index (κ2) is 13.8. The second-order valence-corrected chi connectivity index (χ2v) is 9.77. The molecule has 0 bridgehead atoms. The number of hydrogen-bond acceptors (Lipinski definition) is 3. The molecule has 1 aliphatic rings. The summed E-state index contributed by atoms with van der Waals surface area (Å²) in [4.78, 5) is 6.41. The Morgan fingerprint density at radius 2 is 1.86 bits per heavy atom. The van der Waals surface area contributed by atoms with Gasteiger partial charge >= 0.3 is 6.18 Å². The van der Waals surface area contributed by atoms with Gasteiger partial charge in [-0.05, 0) is 66.6 Å². The van der Waals surface area contributed by atoms with Crippen LogP contribution in [0.4, 0.5) is 13.2 Å². The maximum absolute atomic E-state index is 13.2. The third kappa shape index (κ3) is 7.58. The highest BCUT2D eigenvalue weighted by Crippen LogP contribution is 2.42. The van der Waals surface area contributed by atoms with Gasteiger partial charge in [0.2, 0.25) is 0 Å². The van der Waals surface area contributed by atoms with Crippen molar-refractivity contribution in [3.05, 3.63) is 65.0 Å². The molecule has 2 aromatic rings. The molecule has 1 N–H and O–H groups in total. The lowest BCUT2D eigenvalue weighted by molar-refractivity contribution is -0.137. The summed E-state index contributed by atoms with van der Waals surface area (Å²) in [6.07, 6.45) is 8.22. The van der Waals surface area contributed by atoms with Crippen LogP contribution in [-0.4, -0.2) is 28.6 Å². The molecule has 3 atom stereocenters. The smallest absolute Gasteiger partial charge is 0.416 e. The SMILES string of the molecule is CC.CCCCC(CC1=CCN(C)C(c2ccc(C(F)(F)F)cc2O)c2cnccc21)CC(C)CC. The Labute approximate surface area is 215 Å². The van der Waals surface area contributed by atoms with Crippen molar-refractivity contribution in [3.63, 3.8) is 0 Å². The van der Waals surface area contributed by atoms with Crippen LogP contribution in [0.3, 0.4) is 0 Å². The van der Waals surface area contributed by atoms with Gasteiger partial charge in [-0.2, -0.15) is 13.2 Å². The van der Waals surface area contributed by atoms with Crippen molar-refractivity contribution in [2.75, 3.05) is 13.6 Å². The molecular formula is C30H43F3N2O. The van der Waals surface area contributed by atoms with E-state index >= 15 is 0 Å². The van der Waals surface area contributed by atoms with E-state index in [1.165, 1.54) is 43.7 Å². The van der Waals surface area contributed by atoms with Crippen molar-refractivity contribution in [1.29, 1.82) is 0 Å². The predicted octanol–water partition coefficient (Wildman–Crippen LogP) is 8.88. The van der Waals surface area contributed by atoms with E-state index in [0.29, 0.717) is 23.9 Å². The Balaban J connectivity index is 0.00000222. The van der Waals surface area contributed by atoms with Gasteiger partial charge in [-0.25, -0.2) is 0 Å². The number of nitrogens with zero attached hydrogens (tertiary/aromatic N) is 2. The summed E-state index contributed by atoms with van der Waals surface area (Å²) < 4.78 is 39.5. The molecule has 1 aromatic heterocycles. The predicted molar refractivity (Wildman–Crippen MR) is 143 cm³/mol. The Hall–Kier alpha value is -2.34. The fraction of sp³-hybridized carbons (Fsp3) is 0.567. The van der Waals surface area contributed by atoms with Crippen molar-refractivity contribution in [2.45, 2.75) is 85.4 Å². The number of alkyl halides is 3. The molecule has 36 heavy (non-hydrogen) atoms. The first kappa shape index (κ1) is 29.9. The monoisotopic (exact) mass is 504 g/mol. The molecule has 0 amide bonds. The van der Waals surface area contributed by atoms with Gasteiger partial charge in [0.15, 0.2) is 0 Å². The highest BCUT2D eigenvalue weighted by atomic mass is 19.4. The summed E-state index contributed by atoms with van der Waals surface area (Å²) in [5, 5.41) is 10.6. The zero-order valence-electron chi connectivity index (χ0n) is 22.7. The van der Waals surface area contributed by atoms with Gasteiger partial charge in [0.05, 0.1) is 11.6 Å². The van der Waals surface area contributed by atoms with E-state index in [2.05, 4.69) is 36.7 Å². The van der Waals surface area contributed by atoms with Crippen LogP contribution in [-0.2, 0) is 6.18 Å². The number of benzene rings is 1. The largest absolute Gasteiger partial charge is 0.508 e. The minimum Gasteiger partial charge on any atom is -0.508 e. The number of phenols is 1. The number of rotatable bonds is 9. The number of fused-ring (bicyclic) bond motifs is 1. The normalized spacial score (nSPS) is 17.8. The van der Waals surface area contributed by atoms with Crippen LogP contribution in [0.2, 0.25) is 0 Å². The molecule has 3 unspecified atom stereocenters. The molecule has 1 aliphatic heterocycles. The molecule has 0 radical (unpaired) electrons. The molecule has 3 nitrogen and oxygen atoms in total. The maximum atomic E-state index is 13.2. The number of likely N-dealkylation sites (N-methyl/N-ethyl adjacent to an activating group) is 1. The second-order valence-electron chi connectivity index (χ2n) is 9.77. The van der Waals surface area contributed by atoms with E-state index < -0.39 is 11.7 Å². The number of pyridine rings is 1. The summed E-state index contributed by atoms with van der Waals surface area (Å²) in [7, 11) is 1.94. The maximum Gasteiger partial charge on any atom is 0.416 e. The third-order valence-electron chi connectivity index (χ3n) is 7.12. The van der Waals surface area contributed by atoms with Crippen LogP contribution in [0.1, 0.15) is 101 Å². The van der Waals surface area contributed by atoms with Gasteiger partial charge in [0, 0.05) is 24.5 Å². The number of allylic oxidation sites excluding steroid dienone is 1. The van der Waals surface area contributed by atoms with Gasteiger partial charge < -0.3 is 5.11 Å². The van der Waals surface area contributed by atoms with Crippen LogP contribution in [0.15, 0.2) is 42.7 Å². The summed E-state index contributed by atoms with van der Waals surface area (Å²) in [5.41, 5.74) is 2.87. The molecule has 0 aliphatic carbocycles. The van der Waals surface area contributed by atoms with Crippen molar-refractivity contribution in [2.24, 2.45) is 11.8 Å². The van der Waals surface area contributed by atoms with Gasteiger partial charge in [-0.3, -0.25) is 9.88 Å². The van der Waals surface area contributed by atoms with Crippen LogP contribution >= 0.6 is 0 Å². The Morgan fingerprint density at radius 3 is 2.47 bits per heavy atom. The first-order chi connectivity index (χ1) is 17.2. The average molecular weight is 505 g/mol. The van der Waals surface area contributed by atoms with Gasteiger partial charge in [0.1, 0.15) is 5.75 Å². The highest BCUT2D eigenvalue weighted by molar-refractivity contribution is 5.70. The zero-order valence-corrected chi connectivity index (χ0v) is 22.7. The van der Waals surface area contributed by atoms with E-state index in [9.17, 15) is 18.3 Å². The van der Waals surface area contributed by atoms with E-state index in [4.69, 9.17) is 0 Å². The molecule has 0 saturated heterocycles. The molecule has 0 spiro atoms. The van der Waals surface area contributed by atoms with Gasteiger partial charge in [-0.15, -0.1) is 0 Å². The van der Waals surface area contributed by atoms with Crippen LogP contribution in [0, 0.1) is 11.8 Å². The number of aromatic hydroxyl groups is 1. The fourth-order valence-electron chi connectivity index (χ4n) is 5.02. The third-order valence-corrected chi connectivity index (χ3v) is 7.12. The van der Waals surface area contributed by atoms with Crippen molar-refractivity contribution >= 4 is 5.57 Å². The standard InChI is InChI=1S/C28H37F3N2O.C2H6/c1-5-7-8-20(15-19(3)6-2)16-21-12-14-33(4)27(25-18-32-13-11-23(21)25)24-10-9-22(17-26(24)34)28(29,30)31;1-2/h9-13,17-20,27,34H,5-8,14-16H2,1-4H3;1-2H3. The number of hydrogen-bond donors (Lipinski definition) is 1. The lowest BCUT2D eigenvalue weighted by Gasteiger charge is -2.28. The van der Waals surface area contributed by atoms with Crippen LogP contribution in [0.5, 0.6) is 5.75 Å². The lowest BCUT2D eigenvalue weighted by Crippen LogP contribution is -2.25. The highest BCUT2D eigenvalue weighted by Gasteiger charge is 2.33. The number of aromatic nitrogens is 1. The van der Waals surface area contributed by atoms with E-state index in [0.717, 1.165) is 29.7 Å². The van der Waals surface area contributed by atoms with E-state index in [1.54, 1.807) is 12.4 Å². The molecular weight excluding hydrogens is 461 g/mol. The first-order valence-electron chi connectivity index (χ1n) is 13.4. The summed E-state index contributed by atoms with van der Waals surface area (Å²) in [5.74, 6) is 0.913. The van der Waals surface area contributed by atoms with Crippen LogP contribution in [0.25, 0.3) is 5.57 Å². The van der Waals surface area contributed by atoms with Crippen molar-refractivity contribution < 1.29 is 18.3 Å². The summed E-state index contributed by atoms with van der Waals surface area (Å²) >= 11 is 0. The molecule has 1 aromatic carbocycles. The number of halogens is 3. The van der Waals surface area contributed by atoms with E-state index in [-0.39, 0.29) is 11.8 Å². The molecule has 3 rings (SSSR count). The molecule has 0 fully saturated rings. The van der Waals surface area contributed by atoms with Crippen LogP contribution < -0.4 is 0 Å². The van der Waals surface area contributed by atoms with Crippen molar-refractivity contribution in [3.8, 4) is 5.75 Å². The minimum absolute atomic E-state index is 0.345. The summed E-state index contributed by atoms with van der Waals surface area (Å²) in [6.45, 7) is 11.4. The molecule has 2 heterocycles. The number of unbranched alkanes of at least 4 members (excludes halogenated alkanes) is 1. The zero-order chi connectivity index (χ0) is 26.9. The first-order valence-corrected chi connectivity index (χ1v) is 13.4. The Bertz CT molecular complexity index is 986. The molecule has 6 heteroatoms. The Morgan fingerprint density at radius 1 is 1.14 bits per heavy atom. The van der Waals surface area contributed by atoms with E-state index in [1.807, 2.05) is 27.0 Å². The topological polar surface area (TPSA) is 36.4 Å². The minimum atomic E-state index is -4.50. The van der Waals surface area contributed by atoms with Crippen molar-refractivity contribution in [1.82, 2.24) is 9.88 Å². The quantitative estimate of drug-likeness (QED) is 0.370. The number of phenolic OH excluding ortho intramolecular Hbond substituents is 1. The fourth-order valence-corrected chi connectivity index (χ4v) is 5.02. The summed E-state index contributed by atoms with van der Waals surface area (Å²) in [6, 6.07) is 4.89. The molecule has 0 saturated carbocycles.